The molecule has 2 unspecified atom stereocenters. The van der Waals surface area contributed by atoms with Crippen molar-refractivity contribution >= 4 is 52.7 Å². The summed E-state index contributed by atoms with van der Waals surface area (Å²) >= 11 is 6.25. The Balaban J connectivity index is 1.42. The van der Waals surface area contributed by atoms with Gasteiger partial charge in [-0.15, -0.1) is 0 Å². The number of amides is 4. The third kappa shape index (κ3) is 8.80. The molecule has 4 amide bonds. The second kappa shape index (κ2) is 15.5. The molecule has 0 aromatic heterocycles. The molecule has 1 aromatic carbocycles. The van der Waals surface area contributed by atoms with Gasteiger partial charge in [-0.2, -0.15) is 0 Å². The highest BCUT2D eigenvalue weighted by molar-refractivity contribution is 6.38. The highest BCUT2D eigenvalue weighted by atomic mass is 35.5. The molecular weight excluding hydrogens is 678 g/mol. The number of allylic oxidation sites excluding steroid dienone is 2. The maximum atomic E-state index is 14.7. The van der Waals surface area contributed by atoms with E-state index < -0.39 is 76.4 Å². The van der Waals surface area contributed by atoms with Crippen molar-refractivity contribution < 1.29 is 38.3 Å². The smallest absolute Gasteiger partial charge is 0.309 e. The Kier molecular flexibility index (Phi) is 11.6. The third-order valence-corrected chi connectivity index (χ3v) is 10.2. The summed E-state index contributed by atoms with van der Waals surface area (Å²) in [5, 5.41) is 13.2. The first-order chi connectivity index (χ1) is 24.2. The van der Waals surface area contributed by atoms with E-state index in [1.165, 1.54) is 12.0 Å². The summed E-state index contributed by atoms with van der Waals surface area (Å²) in [6.45, 7) is 7.21. The van der Waals surface area contributed by atoms with Crippen LogP contribution in [0.4, 0.5) is 0 Å². The van der Waals surface area contributed by atoms with Crippen molar-refractivity contribution in [1.29, 1.82) is 0 Å². The van der Waals surface area contributed by atoms with Crippen molar-refractivity contribution in [2.24, 2.45) is 22.4 Å². The number of hydrogen-bond acceptors (Lipinski definition) is 9. The van der Waals surface area contributed by atoms with Crippen LogP contribution in [0, 0.1) is 17.3 Å². The molecule has 3 N–H and O–H groups in total. The van der Waals surface area contributed by atoms with Crippen LogP contribution in [0.2, 0.25) is 5.02 Å². The Morgan fingerprint density at radius 3 is 2.39 bits per heavy atom. The Labute approximate surface area is 303 Å². The van der Waals surface area contributed by atoms with Gasteiger partial charge in [-0.05, 0) is 49.7 Å². The number of halogens is 1. The second-order valence-corrected chi connectivity index (χ2v) is 15.6. The number of rotatable bonds is 12. The molecule has 1 spiro atoms. The zero-order valence-corrected chi connectivity index (χ0v) is 30.6. The van der Waals surface area contributed by atoms with Crippen molar-refractivity contribution in [2.75, 3.05) is 13.7 Å². The van der Waals surface area contributed by atoms with E-state index in [9.17, 15) is 28.8 Å². The van der Waals surface area contributed by atoms with Crippen LogP contribution < -0.4 is 16.0 Å². The molecule has 276 valence electrons. The van der Waals surface area contributed by atoms with Crippen LogP contribution in [-0.2, 0) is 38.3 Å². The molecule has 14 heteroatoms. The van der Waals surface area contributed by atoms with Crippen molar-refractivity contribution in [3.8, 4) is 0 Å². The quantitative estimate of drug-likeness (QED) is 0.167. The van der Waals surface area contributed by atoms with Gasteiger partial charge in [0.25, 0.3) is 5.91 Å². The minimum atomic E-state index is -1.12. The van der Waals surface area contributed by atoms with Gasteiger partial charge in [0.2, 0.25) is 23.5 Å². The molecule has 4 aliphatic rings. The van der Waals surface area contributed by atoms with Crippen LogP contribution in [0.5, 0.6) is 0 Å². The molecule has 5 rings (SSSR count). The molecule has 2 fully saturated rings. The zero-order valence-electron chi connectivity index (χ0n) is 29.8. The topological polar surface area (TPSA) is 173 Å². The first kappa shape index (κ1) is 38.0. The predicted octanol–water partition coefficient (Wildman–Crippen LogP) is 3.22. The molecule has 1 aromatic rings. The van der Waals surface area contributed by atoms with E-state index in [0.29, 0.717) is 30.0 Å². The van der Waals surface area contributed by atoms with Crippen LogP contribution in [0.25, 0.3) is 0 Å². The van der Waals surface area contributed by atoms with E-state index >= 15 is 0 Å². The number of esters is 1. The number of Topliss-reactive ketones (excluding diaryl/α,β-unsaturated/α-hetero) is 1. The maximum absolute atomic E-state index is 14.7. The Morgan fingerprint density at radius 2 is 1.76 bits per heavy atom. The normalized spacial score (nSPS) is 25.3. The first-order valence-corrected chi connectivity index (χ1v) is 18.0. The second-order valence-electron chi connectivity index (χ2n) is 15.1. The standard InChI is InChI=1S/C37H48ClN5O8/c1-6-10-26(29(44)33(47)39-23-15-16-23)40-32(46)28-19-37(18-27(42-51-37)21-11-9-12-22(38)17-21)20-43(28)34(48)30(36(2,3)4)41-31(45)24-13-7-8-14-25(24)35(49)50-5/h7-9,11-12,17,23-26,28,30H,6,10,13-16,18-20H2,1-5H3,(H,39,47)(H,40,46)(H,41,45)/t24?,25?,26-,28-,30+,37+/m0/s1. The van der Waals surface area contributed by atoms with Gasteiger partial charge in [0.05, 0.1) is 37.2 Å². The molecule has 2 aliphatic heterocycles. The van der Waals surface area contributed by atoms with E-state index in [0.717, 1.165) is 18.4 Å². The van der Waals surface area contributed by atoms with E-state index in [4.69, 9.17) is 21.2 Å². The van der Waals surface area contributed by atoms with Crippen LogP contribution in [0.1, 0.15) is 84.6 Å². The van der Waals surface area contributed by atoms with Gasteiger partial charge in [-0.3, -0.25) is 28.8 Å². The summed E-state index contributed by atoms with van der Waals surface area (Å²) in [4.78, 5) is 88.6. The number of carbonyl (C=O) groups is 6. The summed E-state index contributed by atoms with van der Waals surface area (Å²) in [5.41, 5.74) is -0.571. The molecular formula is C37H48ClN5O8. The summed E-state index contributed by atoms with van der Waals surface area (Å²) in [5.74, 6) is -5.07. The fourth-order valence-electron chi connectivity index (χ4n) is 7.00. The van der Waals surface area contributed by atoms with E-state index in [1.807, 2.05) is 25.1 Å². The molecule has 6 atom stereocenters. The Morgan fingerprint density at radius 1 is 1.06 bits per heavy atom. The predicted molar refractivity (Wildman–Crippen MR) is 188 cm³/mol. The first-order valence-electron chi connectivity index (χ1n) is 17.7. The van der Waals surface area contributed by atoms with Gasteiger partial charge in [0.15, 0.2) is 5.60 Å². The van der Waals surface area contributed by atoms with Crippen LogP contribution in [-0.4, -0.2) is 89.4 Å². The molecule has 51 heavy (non-hydrogen) atoms. The van der Waals surface area contributed by atoms with Gasteiger partial charge in [-0.25, -0.2) is 0 Å². The number of oxime groups is 1. The van der Waals surface area contributed by atoms with Crippen LogP contribution in [0.3, 0.4) is 0 Å². The SMILES string of the molecule is CCC[C@H](NC(=O)[C@@H]1C[C@]2(CC(c3cccc(Cl)c3)=NO2)CN1C(=O)[C@@H](NC(=O)C1CC=CCC1C(=O)OC)C(C)(C)C)C(=O)C(=O)NC1CC1. The Hall–Kier alpha value is -4.26. The number of nitrogens with one attached hydrogen (secondary N) is 3. The summed E-state index contributed by atoms with van der Waals surface area (Å²) in [6.07, 6.45) is 6.95. The van der Waals surface area contributed by atoms with Gasteiger partial charge in [0, 0.05) is 29.5 Å². The lowest BCUT2D eigenvalue weighted by Gasteiger charge is -2.37. The summed E-state index contributed by atoms with van der Waals surface area (Å²) in [7, 11) is 1.27. The lowest BCUT2D eigenvalue weighted by atomic mass is 9.80. The largest absolute Gasteiger partial charge is 0.469 e. The van der Waals surface area contributed by atoms with E-state index in [1.54, 1.807) is 39.0 Å². The average Bonchev–Trinajstić information content (AvgIpc) is 3.69. The molecule has 13 nitrogen and oxygen atoms in total. The number of carbonyl (C=O) groups excluding carboxylic acids is 6. The summed E-state index contributed by atoms with van der Waals surface area (Å²) in [6, 6.07) is 3.78. The molecule has 1 saturated heterocycles. The lowest BCUT2D eigenvalue weighted by Crippen LogP contribution is -2.60. The number of likely N-dealkylation sites (tertiary alicyclic amines) is 1. The number of benzene rings is 1. The van der Waals surface area contributed by atoms with Crippen molar-refractivity contribution in [1.82, 2.24) is 20.9 Å². The fraction of sp³-hybridized carbons (Fsp3) is 0.595. The van der Waals surface area contributed by atoms with Crippen LogP contribution in [0.15, 0.2) is 41.6 Å². The fourth-order valence-corrected chi connectivity index (χ4v) is 7.19. The maximum Gasteiger partial charge on any atom is 0.309 e. The van der Waals surface area contributed by atoms with Gasteiger partial charge < -0.3 is 30.4 Å². The zero-order chi connectivity index (χ0) is 37.1. The number of nitrogens with zero attached hydrogens (tertiary/aromatic N) is 2. The third-order valence-electron chi connectivity index (χ3n) is 10.0. The number of methoxy groups -OCH3 is 1. The van der Waals surface area contributed by atoms with Crippen molar-refractivity contribution in [3.05, 3.63) is 47.0 Å². The minimum absolute atomic E-state index is 0.0347. The highest BCUT2D eigenvalue weighted by Crippen LogP contribution is 2.40. The molecule has 2 aliphatic carbocycles. The number of ether oxygens (including phenoxy) is 1. The average molecular weight is 726 g/mol. The monoisotopic (exact) mass is 725 g/mol. The van der Waals surface area contributed by atoms with Crippen LogP contribution >= 0.6 is 11.6 Å². The molecule has 1 saturated carbocycles. The van der Waals surface area contributed by atoms with Gasteiger partial charge in [0.1, 0.15) is 12.1 Å². The molecule has 0 radical (unpaired) electrons. The summed E-state index contributed by atoms with van der Waals surface area (Å²) < 4.78 is 4.96. The van der Waals surface area contributed by atoms with Crippen molar-refractivity contribution in [3.63, 3.8) is 0 Å². The Bertz CT molecular complexity index is 1620. The molecule has 0 bridgehead atoms. The lowest BCUT2D eigenvalue weighted by molar-refractivity contribution is -0.151. The van der Waals surface area contributed by atoms with E-state index in [-0.39, 0.29) is 31.8 Å². The van der Waals surface area contributed by atoms with Crippen molar-refractivity contribution in [2.45, 2.75) is 109 Å². The number of hydrogen-bond donors (Lipinski definition) is 3. The minimum Gasteiger partial charge on any atom is -0.469 e. The van der Waals surface area contributed by atoms with Gasteiger partial charge in [-0.1, -0.05) is 75.2 Å². The molecule has 2 heterocycles. The number of ketones is 1. The highest BCUT2D eigenvalue weighted by Gasteiger charge is 2.56. The van der Waals surface area contributed by atoms with E-state index in [2.05, 4.69) is 21.1 Å². The van der Waals surface area contributed by atoms with Gasteiger partial charge >= 0.3 is 5.97 Å².